The van der Waals surface area contributed by atoms with Crippen molar-refractivity contribution in [3.8, 4) is 5.75 Å². The summed E-state index contributed by atoms with van der Waals surface area (Å²) in [6.45, 7) is -0.397. The van der Waals surface area contributed by atoms with Crippen molar-refractivity contribution in [3.63, 3.8) is 0 Å². The first kappa shape index (κ1) is 25.8. The van der Waals surface area contributed by atoms with Gasteiger partial charge in [0.05, 0.1) is 22.0 Å². The second kappa shape index (κ2) is 11.7. The molecule has 4 aromatic rings. The molecule has 10 heteroatoms. The number of hydrogen-bond acceptors (Lipinski definition) is 7. The molecule has 1 amide bonds. The van der Waals surface area contributed by atoms with Crippen molar-refractivity contribution in [1.29, 1.82) is 0 Å². The number of carbonyl (C=O) groups is 1. The zero-order valence-corrected chi connectivity index (χ0v) is 21.2. The summed E-state index contributed by atoms with van der Waals surface area (Å²) in [7, 11) is 0. The Labute approximate surface area is 224 Å². The topological polar surface area (TPSA) is 129 Å². The van der Waals surface area contributed by atoms with E-state index >= 15 is 0 Å². The van der Waals surface area contributed by atoms with Crippen LogP contribution in [0.15, 0.2) is 82.7 Å². The minimum atomic E-state index is -0.584. The molecule has 0 radical (unpaired) electrons. The van der Waals surface area contributed by atoms with E-state index in [-0.39, 0.29) is 22.9 Å². The maximum absolute atomic E-state index is 13.4. The number of carbonyl (C=O) groups excluding carboxylic acids is 1. The predicted octanol–water partition coefficient (Wildman–Crippen LogP) is 5.25. The van der Waals surface area contributed by atoms with Crippen LogP contribution in [0, 0.1) is 10.1 Å². The fourth-order valence-corrected chi connectivity index (χ4v) is 4.74. The highest BCUT2D eigenvalue weighted by Gasteiger charge is 2.22. The van der Waals surface area contributed by atoms with E-state index in [1.807, 2.05) is 18.2 Å². The van der Waals surface area contributed by atoms with Gasteiger partial charge in [0.25, 0.3) is 11.5 Å². The van der Waals surface area contributed by atoms with Crippen LogP contribution in [0.3, 0.4) is 0 Å². The molecular weight excluding hydrogens is 498 g/mol. The van der Waals surface area contributed by atoms with E-state index < -0.39 is 17.4 Å². The summed E-state index contributed by atoms with van der Waals surface area (Å²) >= 11 is 0. The van der Waals surface area contributed by atoms with Crippen molar-refractivity contribution < 1.29 is 14.5 Å². The number of nitrogens with zero attached hydrogens (tertiary/aromatic N) is 4. The highest BCUT2D eigenvalue weighted by Crippen LogP contribution is 2.32. The maximum Gasteiger partial charge on any atom is 0.311 e. The van der Waals surface area contributed by atoms with Gasteiger partial charge in [0, 0.05) is 23.2 Å². The molecule has 0 unspecified atom stereocenters. The summed E-state index contributed by atoms with van der Waals surface area (Å²) in [5, 5.41) is 19.3. The number of rotatable bonds is 8. The second-order valence-corrected chi connectivity index (χ2v) is 9.37. The molecule has 198 valence electrons. The van der Waals surface area contributed by atoms with Crippen molar-refractivity contribution >= 4 is 34.4 Å². The number of amides is 1. The van der Waals surface area contributed by atoms with Gasteiger partial charge in [-0.2, -0.15) is 9.78 Å². The molecule has 1 aromatic heterocycles. The number of anilines is 1. The van der Waals surface area contributed by atoms with Gasteiger partial charge in [-0.05, 0) is 49.2 Å². The number of nitro benzene ring substituents is 1. The van der Waals surface area contributed by atoms with Crippen molar-refractivity contribution in [2.75, 3.05) is 11.9 Å². The molecule has 1 N–H and O–H groups in total. The van der Waals surface area contributed by atoms with Gasteiger partial charge in [0.15, 0.2) is 12.4 Å². The average Bonchev–Trinajstić information content (AvgIpc) is 2.96. The van der Waals surface area contributed by atoms with Crippen LogP contribution in [0.1, 0.15) is 49.4 Å². The average molecular weight is 526 g/mol. The molecule has 39 heavy (non-hydrogen) atoms. The molecule has 0 aliphatic heterocycles. The van der Waals surface area contributed by atoms with Crippen molar-refractivity contribution in [2.24, 2.45) is 5.10 Å². The van der Waals surface area contributed by atoms with Gasteiger partial charge in [-0.15, -0.1) is 0 Å². The minimum Gasteiger partial charge on any atom is -0.477 e. The summed E-state index contributed by atoms with van der Waals surface area (Å²) in [5.74, 6) is 0.223. The lowest BCUT2D eigenvalue weighted by Gasteiger charge is -2.22. The van der Waals surface area contributed by atoms with Gasteiger partial charge >= 0.3 is 5.69 Å². The van der Waals surface area contributed by atoms with Gasteiger partial charge in [-0.3, -0.25) is 19.7 Å². The molecule has 0 atom stereocenters. The quantitative estimate of drug-likeness (QED) is 0.190. The Bertz CT molecular complexity index is 1590. The number of para-hydroxylation sites is 2. The van der Waals surface area contributed by atoms with Gasteiger partial charge in [-0.25, -0.2) is 4.98 Å². The van der Waals surface area contributed by atoms with Crippen LogP contribution >= 0.6 is 0 Å². The fraction of sp³-hybridized carbons (Fsp3) is 0.241. The van der Waals surface area contributed by atoms with E-state index in [0.29, 0.717) is 28.0 Å². The van der Waals surface area contributed by atoms with Crippen LogP contribution in [0.25, 0.3) is 10.9 Å². The number of aromatic nitrogens is 2. The second-order valence-electron chi connectivity index (χ2n) is 9.37. The van der Waals surface area contributed by atoms with Crippen molar-refractivity contribution in [1.82, 2.24) is 9.66 Å². The lowest BCUT2D eigenvalue weighted by molar-refractivity contribution is -0.385. The molecule has 5 rings (SSSR count). The van der Waals surface area contributed by atoms with E-state index in [1.54, 1.807) is 42.5 Å². The Kier molecular flexibility index (Phi) is 7.72. The van der Waals surface area contributed by atoms with E-state index in [4.69, 9.17) is 9.72 Å². The molecule has 1 aliphatic rings. The first-order valence-electron chi connectivity index (χ1n) is 12.8. The Balaban J connectivity index is 1.40. The van der Waals surface area contributed by atoms with E-state index in [9.17, 15) is 19.7 Å². The van der Waals surface area contributed by atoms with Crippen LogP contribution in [0.4, 0.5) is 11.4 Å². The fourth-order valence-electron chi connectivity index (χ4n) is 4.74. The van der Waals surface area contributed by atoms with Crippen LogP contribution in [-0.2, 0) is 4.79 Å². The summed E-state index contributed by atoms with van der Waals surface area (Å²) in [6, 6.07) is 20.3. The number of hydrogen-bond donors (Lipinski definition) is 1. The molecule has 0 bridgehead atoms. The standard InChI is InChI=1S/C29H27N5O5/c35-27(31-22-11-5-2-6-12-22)19-39-26-16-15-20(17-25(26)34(37)38)18-30-33-28(21-9-3-1-4-10-21)32-24-14-8-7-13-23(24)29(33)36/h2,5-8,11-18,21H,1,3-4,9-10,19H2,(H,31,35). The van der Waals surface area contributed by atoms with Crippen LogP contribution in [-0.4, -0.2) is 33.3 Å². The van der Waals surface area contributed by atoms with Crippen LogP contribution in [0.2, 0.25) is 0 Å². The summed E-state index contributed by atoms with van der Waals surface area (Å²) < 4.78 is 6.77. The lowest BCUT2D eigenvalue weighted by Crippen LogP contribution is -2.25. The number of ether oxygens (including phenoxy) is 1. The van der Waals surface area contributed by atoms with E-state index in [0.717, 1.165) is 32.1 Å². The Morgan fingerprint density at radius 3 is 2.59 bits per heavy atom. The molecule has 10 nitrogen and oxygen atoms in total. The van der Waals surface area contributed by atoms with E-state index in [2.05, 4.69) is 10.4 Å². The SMILES string of the molecule is O=C(COc1ccc(C=Nn2c(C3CCCCC3)nc3ccccc3c2=O)cc1[N+](=O)[O-])Nc1ccccc1. The van der Waals surface area contributed by atoms with Gasteiger partial charge in [-0.1, -0.05) is 49.6 Å². The minimum absolute atomic E-state index is 0.0483. The normalized spacial score (nSPS) is 13.9. The first-order chi connectivity index (χ1) is 19.0. The third-order valence-corrected chi connectivity index (χ3v) is 6.67. The summed E-state index contributed by atoms with van der Waals surface area (Å²) in [5.41, 5.74) is 1.03. The van der Waals surface area contributed by atoms with Gasteiger partial charge in [0.1, 0.15) is 5.82 Å². The molecule has 0 saturated heterocycles. The predicted molar refractivity (Wildman–Crippen MR) is 148 cm³/mol. The van der Waals surface area contributed by atoms with Gasteiger partial charge < -0.3 is 10.1 Å². The molecule has 1 aliphatic carbocycles. The molecule has 1 heterocycles. The molecule has 0 spiro atoms. The largest absolute Gasteiger partial charge is 0.477 e. The highest BCUT2D eigenvalue weighted by atomic mass is 16.6. The molecular formula is C29H27N5O5. The number of nitro groups is 1. The Hall–Kier alpha value is -4.86. The van der Waals surface area contributed by atoms with Crippen LogP contribution in [0.5, 0.6) is 5.75 Å². The number of fused-ring (bicyclic) bond motifs is 1. The summed E-state index contributed by atoms with van der Waals surface area (Å²) in [6.07, 6.45) is 6.54. The van der Waals surface area contributed by atoms with Crippen LogP contribution < -0.4 is 15.6 Å². The summed E-state index contributed by atoms with van der Waals surface area (Å²) in [4.78, 5) is 41.5. The monoisotopic (exact) mass is 525 g/mol. The van der Waals surface area contributed by atoms with Gasteiger partial charge in [0.2, 0.25) is 0 Å². The zero-order chi connectivity index (χ0) is 27.2. The molecule has 1 fully saturated rings. The van der Waals surface area contributed by atoms with E-state index in [1.165, 1.54) is 23.0 Å². The smallest absolute Gasteiger partial charge is 0.311 e. The van der Waals surface area contributed by atoms with Crippen molar-refractivity contribution in [3.05, 3.63) is 105 Å². The molecule has 1 saturated carbocycles. The lowest BCUT2D eigenvalue weighted by atomic mass is 9.88. The Morgan fingerprint density at radius 1 is 1.08 bits per heavy atom. The third-order valence-electron chi connectivity index (χ3n) is 6.67. The maximum atomic E-state index is 13.4. The number of nitrogens with one attached hydrogen (secondary N) is 1. The Morgan fingerprint density at radius 2 is 1.82 bits per heavy atom. The van der Waals surface area contributed by atoms with Crippen molar-refractivity contribution in [2.45, 2.75) is 38.0 Å². The molecule has 3 aromatic carbocycles. The zero-order valence-electron chi connectivity index (χ0n) is 21.2. The highest BCUT2D eigenvalue weighted by molar-refractivity contribution is 5.92. The number of benzene rings is 3. The third kappa shape index (κ3) is 6.01. The first-order valence-corrected chi connectivity index (χ1v) is 12.8.